The second-order valence-corrected chi connectivity index (χ2v) is 9.20. The van der Waals surface area contributed by atoms with Gasteiger partial charge in [-0.05, 0) is 80.9 Å². The lowest BCUT2D eigenvalue weighted by atomic mass is 10.2. The van der Waals surface area contributed by atoms with Gasteiger partial charge < -0.3 is 19.9 Å². The number of fused-ring (bicyclic) bond motifs is 2. The number of likely N-dealkylation sites (tertiary alicyclic amines) is 1. The van der Waals surface area contributed by atoms with Gasteiger partial charge in [0, 0.05) is 17.6 Å². The van der Waals surface area contributed by atoms with Crippen LogP contribution in [0.1, 0.15) is 24.8 Å². The van der Waals surface area contributed by atoms with Crippen molar-refractivity contribution in [1.82, 2.24) is 25.1 Å². The Hall–Kier alpha value is -3.84. The highest BCUT2D eigenvalue weighted by Gasteiger charge is 2.14. The van der Waals surface area contributed by atoms with E-state index in [4.69, 9.17) is 9.72 Å². The maximum atomic E-state index is 6.03. The van der Waals surface area contributed by atoms with Gasteiger partial charge in [0.15, 0.2) is 5.82 Å². The van der Waals surface area contributed by atoms with E-state index in [2.05, 4.69) is 55.7 Å². The lowest BCUT2D eigenvalue weighted by Gasteiger charge is -2.14. The normalized spacial score (nSPS) is 14.2. The molecule has 6 rings (SSSR count). The van der Waals surface area contributed by atoms with Gasteiger partial charge in [0.05, 0.1) is 16.6 Å². The average Bonchev–Trinajstić information content (AvgIpc) is 3.65. The molecule has 0 aliphatic carbocycles. The molecule has 0 bridgehead atoms. The quantitative estimate of drug-likeness (QED) is 0.247. The van der Waals surface area contributed by atoms with E-state index in [1.807, 2.05) is 36.4 Å². The average molecular weight is 467 g/mol. The number of benzene rings is 3. The van der Waals surface area contributed by atoms with E-state index in [1.54, 1.807) is 0 Å². The minimum atomic E-state index is 0.526. The Labute approximate surface area is 204 Å². The topological polar surface area (TPSA) is 81.9 Å². The molecule has 178 valence electrons. The van der Waals surface area contributed by atoms with E-state index in [0.29, 0.717) is 6.61 Å². The number of rotatable bonds is 9. The summed E-state index contributed by atoms with van der Waals surface area (Å²) < 4.78 is 6.03. The summed E-state index contributed by atoms with van der Waals surface area (Å²) in [4.78, 5) is 10.8. The molecule has 1 saturated heterocycles. The second-order valence-electron chi connectivity index (χ2n) is 9.20. The van der Waals surface area contributed by atoms with Gasteiger partial charge in [-0.1, -0.05) is 30.3 Å². The highest BCUT2D eigenvalue weighted by molar-refractivity contribution is 5.94. The van der Waals surface area contributed by atoms with E-state index in [9.17, 15) is 0 Å². The molecule has 0 amide bonds. The van der Waals surface area contributed by atoms with Crippen molar-refractivity contribution in [3.8, 4) is 17.3 Å². The minimum absolute atomic E-state index is 0.526. The third-order valence-corrected chi connectivity index (χ3v) is 6.67. The highest BCUT2D eigenvalue weighted by atomic mass is 16.5. The summed E-state index contributed by atoms with van der Waals surface area (Å²) in [5.41, 5.74) is 5.91. The van der Waals surface area contributed by atoms with Crippen molar-refractivity contribution in [2.45, 2.75) is 25.9 Å². The van der Waals surface area contributed by atoms with Gasteiger partial charge in [-0.2, -0.15) is 5.10 Å². The Bertz CT molecular complexity index is 1420. The Balaban J connectivity index is 1.17. The predicted molar refractivity (Wildman–Crippen MR) is 141 cm³/mol. The van der Waals surface area contributed by atoms with Gasteiger partial charge in [0.2, 0.25) is 0 Å². The highest BCUT2D eigenvalue weighted by Crippen LogP contribution is 2.30. The molecule has 3 N–H and O–H groups in total. The molecule has 0 atom stereocenters. The first-order valence-corrected chi connectivity index (χ1v) is 12.4. The lowest BCUT2D eigenvalue weighted by Crippen LogP contribution is -2.22. The fourth-order valence-corrected chi connectivity index (χ4v) is 4.78. The van der Waals surface area contributed by atoms with Gasteiger partial charge in [-0.15, -0.1) is 0 Å². The standard InChI is InChI=1S/C28H30N6O/c1-2-7-20(8-3-1)19-35-22-10-12-24-23(18-22)27(33-32-24)28-30-25-11-9-21(17-26(25)31-28)29-13-6-16-34-14-4-5-15-34/h1-3,7-12,17-18,29H,4-6,13-16,19H2,(H,30,31)(H,32,33). The first-order chi connectivity index (χ1) is 17.3. The van der Waals surface area contributed by atoms with Crippen LogP contribution in [0.3, 0.4) is 0 Å². The molecular formula is C28H30N6O. The van der Waals surface area contributed by atoms with Crippen LogP contribution in [0.5, 0.6) is 5.75 Å². The molecule has 2 aromatic heterocycles. The molecule has 0 radical (unpaired) electrons. The van der Waals surface area contributed by atoms with Gasteiger partial charge in [-0.3, -0.25) is 5.10 Å². The third kappa shape index (κ3) is 4.86. The van der Waals surface area contributed by atoms with E-state index in [1.165, 1.54) is 32.5 Å². The van der Waals surface area contributed by atoms with Crippen LogP contribution in [0.25, 0.3) is 33.5 Å². The number of ether oxygens (including phenoxy) is 1. The third-order valence-electron chi connectivity index (χ3n) is 6.67. The maximum Gasteiger partial charge on any atom is 0.159 e. The number of hydrogen-bond acceptors (Lipinski definition) is 5. The summed E-state index contributed by atoms with van der Waals surface area (Å²) in [7, 11) is 0. The molecule has 7 nitrogen and oxygen atoms in total. The summed E-state index contributed by atoms with van der Waals surface area (Å²) >= 11 is 0. The number of aromatic amines is 2. The molecule has 1 aliphatic rings. The van der Waals surface area contributed by atoms with Gasteiger partial charge in [0.25, 0.3) is 0 Å². The largest absolute Gasteiger partial charge is 0.489 e. The molecule has 1 fully saturated rings. The van der Waals surface area contributed by atoms with Crippen molar-refractivity contribution in [2.24, 2.45) is 0 Å². The molecule has 3 aromatic carbocycles. The van der Waals surface area contributed by atoms with Crippen LogP contribution in [0.15, 0.2) is 66.7 Å². The van der Waals surface area contributed by atoms with Crippen LogP contribution in [-0.4, -0.2) is 51.2 Å². The molecule has 35 heavy (non-hydrogen) atoms. The smallest absolute Gasteiger partial charge is 0.159 e. The Morgan fingerprint density at radius 3 is 2.71 bits per heavy atom. The van der Waals surface area contributed by atoms with Crippen molar-refractivity contribution in [3.63, 3.8) is 0 Å². The molecular weight excluding hydrogens is 436 g/mol. The maximum absolute atomic E-state index is 6.03. The van der Waals surface area contributed by atoms with Crippen LogP contribution in [0.4, 0.5) is 5.69 Å². The monoisotopic (exact) mass is 466 g/mol. The number of nitrogens with zero attached hydrogens (tertiary/aromatic N) is 3. The van der Waals surface area contributed by atoms with Crippen molar-refractivity contribution in [1.29, 1.82) is 0 Å². The Morgan fingerprint density at radius 2 is 1.83 bits per heavy atom. The zero-order valence-corrected chi connectivity index (χ0v) is 19.8. The van der Waals surface area contributed by atoms with E-state index in [0.717, 1.165) is 63.4 Å². The number of anilines is 1. The zero-order valence-electron chi connectivity index (χ0n) is 19.8. The van der Waals surface area contributed by atoms with Crippen LogP contribution in [0.2, 0.25) is 0 Å². The zero-order chi connectivity index (χ0) is 23.5. The summed E-state index contributed by atoms with van der Waals surface area (Å²) in [5.74, 6) is 1.55. The van der Waals surface area contributed by atoms with Crippen molar-refractivity contribution >= 4 is 27.6 Å². The van der Waals surface area contributed by atoms with Crippen LogP contribution in [-0.2, 0) is 6.61 Å². The first-order valence-electron chi connectivity index (χ1n) is 12.4. The SMILES string of the molecule is c1ccc(COc2ccc3[nH]nc(-c4nc5ccc(NCCCN6CCCC6)cc5[nH]4)c3c2)cc1. The number of nitrogens with one attached hydrogen (secondary N) is 3. The van der Waals surface area contributed by atoms with Crippen LogP contribution < -0.4 is 10.1 Å². The summed E-state index contributed by atoms with van der Waals surface area (Å²) in [6, 6.07) is 22.5. The predicted octanol–water partition coefficient (Wildman–Crippen LogP) is 5.58. The molecule has 7 heteroatoms. The van der Waals surface area contributed by atoms with E-state index in [-0.39, 0.29) is 0 Å². The summed E-state index contributed by atoms with van der Waals surface area (Å²) in [5, 5.41) is 12.2. The van der Waals surface area contributed by atoms with E-state index < -0.39 is 0 Å². The van der Waals surface area contributed by atoms with Crippen molar-refractivity contribution in [3.05, 3.63) is 72.3 Å². The second kappa shape index (κ2) is 9.80. The lowest BCUT2D eigenvalue weighted by molar-refractivity contribution is 0.306. The number of H-pyrrole nitrogens is 2. The number of aromatic nitrogens is 4. The van der Waals surface area contributed by atoms with Crippen LogP contribution >= 0.6 is 0 Å². The molecule has 3 heterocycles. The van der Waals surface area contributed by atoms with E-state index >= 15 is 0 Å². The number of imidazole rings is 1. The van der Waals surface area contributed by atoms with Crippen molar-refractivity contribution < 1.29 is 4.74 Å². The molecule has 0 saturated carbocycles. The minimum Gasteiger partial charge on any atom is -0.489 e. The fraction of sp³-hybridized carbons (Fsp3) is 0.286. The van der Waals surface area contributed by atoms with Gasteiger partial charge in [-0.25, -0.2) is 4.98 Å². The Kier molecular flexibility index (Phi) is 6.07. The summed E-state index contributed by atoms with van der Waals surface area (Å²) in [6.45, 7) is 5.18. The molecule has 1 aliphatic heterocycles. The molecule has 5 aromatic rings. The van der Waals surface area contributed by atoms with Crippen molar-refractivity contribution in [2.75, 3.05) is 31.5 Å². The number of hydrogen-bond donors (Lipinski definition) is 3. The summed E-state index contributed by atoms with van der Waals surface area (Å²) in [6.07, 6.45) is 3.85. The molecule has 0 spiro atoms. The Morgan fingerprint density at radius 1 is 0.943 bits per heavy atom. The van der Waals surface area contributed by atoms with Gasteiger partial charge >= 0.3 is 0 Å². The fourth-order valence-electron chi connectivity index (χ4n) is 4.78. The van der Waals surface area contributed by atoms with Crippen LogP contribution in [0, 0.1) is 0 Å². The van der Waals surface area contributed by atoms with Gasteiger partial charge in [0.1, 0.15) is 18.1 Å². The first kappa shape index (κ1) is 21.7. The molecule has 0 unspecified atom stereocenters.